The van der Waals surface area contributed by atoms with Gasteiger partial charge in [-0.2, -0.15) is 0 Å². The Hall–Kier alpha value is -1.60. The molecule has 0 spiro atoms. The lowest BCUT2D eigenvalue weighted by Gasteiger charge is -2.25. The Kier molecular flexibility index (Phi) is 4.77. The molecule has 1 rings (SSSR count). The number of hydrogen-bond acceptors (Lipinski definition) is 4. The molecule has 0 aromatic heterocycles. The molecule has 0 fully saturated rings. The minimum Gasteiger partial charge on any atom is -0.325 e. The monoisotopic (exact) mass is 299 g/mol. The summed E-state index contributed by atoms with van der Waals surface area (Å²) in [5, 5.41) is 2.68. The molecule has 0 radical (unpaired) electrons. The van der Waals surface area contributed by atoms with Crippen molar-refractivity contribution in [1.82, 2.24) is 0 Å². The lowest BCUT2D eigenvalue weighted by atomic mass is 9.87. The number of hydrogen-bond donors (Lipinski definition) is 3. The van der Waals surface area contributed by atoms with E-state index in [2.05, 4.69) is 10.0 Å². The first-order valence-corrected chi connectivity index (χ1v) is 8.02. The highest BCUT2D eigenvalue weighted by atomic mass is 32.2. The summed E-state index contributed by atoms with van der Waals surface area (Å²) in [6, 6.07) is 5.79. The van der Waals surface area contributed by atoms with Crippen molar-refractivity contribution in [3.05, 3.63) is 24.3 Å². The fraction of sp³-hybridized carbons (Fsp3) is 0.462. The van der Waals surface area contributed by atoms with Crippen molar-refractivity contribution < 1.29 is 13.2 Å². The Bertz CT molecular complexity index is 591. The number of carbonyl (C=O) groups excluding carboxylic acids is 1. The van der Waals surface area contributed by atoms with E-state index in [1.165, 1.54) is 6.07 Å². The van der Waals surface area contributed by atoms with Gasteiger partial charge in [-0.15, -0.1) is 0 Å². The van der Waals surface area contributed by atoms with E-state index in [-0.39, 0.29) is 11.3 Å². The molecular weight excluding hydrogens is 278 g/mol. The molecule has 1 aromatic carbocycles. The van der Waals surface area contributed by atoms with E-state index in [0.717, 1.165) is 6.26 Å². The number of amides is 1. The second-order valence-corrected chi connectivity index (χ2v) is 7.54. The largest absolute Gasteiger partial charge is 0.325 e. The highest BCUT2D eigenvalue weighted by molar-refractivity contribution is 7.92. The summed E-state index contributed by atoms with van der Waals surface area (Å²) in [7, 11) is -3.35. The zero-order chi connectivity index (χ0) is 15.6. The van der Waals surface area contributed by atoms with E-state index >= 15 is 0 Å². The highest BCUT2D eigenvalue weighted by Gasteiger charge is 2.27. The maximum absolute atomic E-state index is 12.0. The van der Waals surface area contributed by atoms with Gasteiger partial charge in [0.2, 0.25) is 15.9 Å². The number of nitrogens with two attached hydrogens (primary N) is 1. The molecule has 0 aliphatic heterocycles. The minimum atomic E-state index is -3.35. The molecule has 0 bridgehead atoms. The van der Waals surface area contributed by atoms with E-state index in [1.54, 1.807) is 18.2 Å². The zero-order valence-electron chi connectivity index (χ0n) is 12.1. The molecule has 0 heterocycles. The van der Waals surface area contributed by atoms with Crippen molar-refractivity contribution in [3.8, 4) is 0 Å². The Labute approximate surface area is 119 Å². The van der Waals surface area contributed by atoms with Gasteiger partial charge in [-0.05, 0) is 23.6 Å². The van der Waals surface area contributed by atoms with Crippen molar-refractivity contribution in [3.63, 3.8) is 0 Å². The van der Waals surface area contributed by atoms with Gasteiger partial charge < -0.3 is 11.1 Å². The van der Waals surface area contributed by atoms with Gasteiger partial charge >= 0.3 is 0 Å². The van der Waals surface area contributed by atoms with Gasteiger partial charge in [0.25, 0.3) is 0 Å². The lowest BCUT2D eigenvalue weighted by Crippen LogP contribution is -2.45. The van der Waals surface area contributed by atoms with Crippen molar-refractivity contribution >= 4 is 27.3 Å². The topological polar surface area (TPSA) is 101 Å². The Balaban J connectivity index is 2.84. The molecule has 0 saturated heterocycles. The molecule has 4 N–H and O–H groups in total. The molecule has 112 valence electrons. The molecule has 20 heavy (non-hydrogen) atoms. The van der Waals surface area contributed by atoms with Crippen molar-refractivity contribution in [2.75, 3.05) is 16.3 Å². The van der Waals surface area contributed by atoms with Gasteiger partial charge in [0.05, 0.1) is 18.0 Å². The summed E-state index contributed by atoms with van der Waals surface area (Å²) in [5.74, 6) is -0.311. The third-order valence-corrected chi connectivity index (χ3v) is 3.26. The molecule has 0 saturated carbocycles. The standard InChI is InChI=1S/C13H21N3O3S/c1-13(2,3)11(14)12(17)15-9-6-5-7-10(8-9)16-20(4,18)19/h5-8,11,16H,14H2,1-4H3,(H,15,17)/t11-/m0/s1. The normalized spacial score (nSPS) is 13.7. The molecule has 7 heteroatoms. The number of benzene rings is 1. The van der Waals surface area contributed by atoms with Gasteiger partial charge in [-0.1, -0.05) is 26.8 Å². The number of nitrogens with one attached hydrogen (secondary N) is 2. The van der Waals surface area contributed by atoms with Gasteiger partial charge in [0.1, 0.15) is 0 Å². The molecule has 0 aliphatic carbocycles. The number of rotatable bonds is 4. The zero-order valence-corrected chi connectivity index (χ0v) is 12.9. The van der Waals surface area contributed by atoms with Crippen LogP contribution in [0.1, 0.15) is 20.8 Å². The first-order valence-electron chi connectivity index (χ1n) is 6.13. The first kappa shape index (κ1) is 16.5. The molecule has 6 nitrogen and oxygen atoms in total. The summed E-state index contributed by atoms with van der Waals surface area (Å²) in [6.07, 6.45) is 1.06. The van der Waals surface area contributed by atoms with Crippen molar-refractivity contribution in [2.24, 2.45) is 11.1 Å². The third-order valence-electron chi connectivity index (χ3n) is 2.65. The fourth-order valence-corrected chi connectivity index (χ4v) is 2.04. The fourth-order valence-electron chi connectivity index (χ4n) is 1.49. The maximum Gasteiger partial charge on any atom is 0.241 e. The first-order chi connectivity index (χ1) is 8.99. The molecule has 0 aliphatic rings. The van der Waals surface area contributed by atoms with E-state index < -0.39 is 16.1 Å². The van der Waals surface area contributed by atoms with Crippen LogP contribution in [0.3, 0.4) is 0 Å². The molecule has 1 amide bonds. The second kappa shape index (κ2) is 5.80. The summed E-state index contributed by atoms with van der Waals surface area (Å²) < 4.78 is 24.7. The van der Waals surface area contributed by atoms with Crippen LogP contribution in [0.15, 0.2) is 24.3 Å². The number of carbonyl (C=O) groups is 1. The number of sulfonamides is 1. The molecule has 1 aromatic rings. The average Bonchev–Trinajstić information content (AvgIpc) is 2.24. The summed E-state index contributed by atoms with van der Waals surface area (Å²) in [5.41, 5.74) is 6.38. The van der Waals surface area contributed by atoms with Crippen molar-refractivity contribution in [2.45, 2.75) is 26.8 Å². The second-order valence-electron chi connectivity index (χ2n) is 5.79. The Morgan fingerprint density at radius 3 is 2.30 bits per heavy atom. The van der Waals surface area contributed by atoms with Gasteiger partial charge in [-0.25, -0.2) is 8.42 Å². The molecule has 1 atom stereocenters. The Morgan fingerprint density at radius 1 is 1.25 bits per heavy atom. The van der Waals surface area contributed by atoms with Crippen LogP contribution in [0.4, 0.5) is 11.4 Å². The van der Waals surface area contributed by atoms with Crippen LogP contribution in [0.2, 0.25) is 0 Å². The third kappa shape index (κ3) is 5.18. The van der Waals surface area contributed by atoms with E-state index in [0.29, 0.717) is 11.4 Å². The Morgan fingerprint density at radius 2 is 1.80 bits per heavy atom. The van der Waals surface area contributed by atoms with Gasteiger partial charge in [0.15, 0.2) is 0 Å². The lowest BCUT2D eigenvalue weighted by molar-refractivity contribution is -0.119. The predicted molar refractivity (Wildman–Crippen MR) is 81.0 cm³/mol. The average molecular weight is 299 g/mol. The van der Waals surface area contributed by atoms with Crippen LogP contribution in [-0.2, 0) is 14.8 Å². The summed E-state index contributed by atoms with van der Waals surface area (Å²) in [4.78, 5) is 12.0. The SMILES string of the molecule is CC(C)(C)[C@@H](N)C(=O)Nc1cccc(NS(C)(=O)=O)c1. The predicted octanol–water partition coefficient (Wildman–Crippen LogP) is 1.37. The summed E-state index contributed by atoms with van der Waals surface area (Å²) in [6.45, 7) is 5.62. The van der Waals surface area contributed by atoms with Crippen LogP contribution >= 0.6 is 0 Å². The minimum absolute atomic E-state index is 0.311. The summed E-state index contributed by atoms with van der Waals surface area (Å²) >= 11 is 0. The van der Waals surface area contributed by atoms with Crippen LogP contribution in [-0.4, -0.2) is 26.6 Å². The molecular formula is C13H21N3O3S. The van der Waals surface area contributed by atoms with Gasteiger partial charge in [-0.3, -0.25) is 9.52 Å². The van der Waals surface area contributed by atoms with E-state index in [9.17, 15) is 13.2 Å². The van der Waals surface area contributed by atoms with Crippen LogP contribution in [0.5, 0.6) is 0 Å². The quantitative estimate of drug-likeness (QED) is 0.781. The molecule has 0 unspecified atom stereocenters. The van der Waals surface area contributed by atoms with Crippen molar-refractivity contribution in [1.29, 1.82) is 0 Å². The number of anilines is 2. The highest BCUT2D eigenvalue weighted by Crippen LogP contribution is 2.20. The van der Waals surface area contributed by atoms with Crippen LogP contribution in [0.25, 0.3) is 0 Å². The van der Waals surface area contributed by atoms with Crippen LogP contribution in [0, 0.1) is 5.41 Å². The maximum atomic E-state index is 12.0. The van der Waals surface area contributed by atoms with Gasteiger partial charge in [0, 0.05) is 5.69 Å². The van der Waals surface area contributed by atoms with E-state index in [1.807, 2.05) is 20.8 Å². The smallest absolute Gasteiger partial charge is 0.241 e. The van der Waals surface area contributed by atoms with Crippen LogP contribution < -0.4 is 15.8 Å². The van der Waals surface area contributed by atoms with E-state index in [4.69, 9.17) is 5.73 Å².